The molecule has 16 heavy (non-hydrogen) atoms. The summed E-state index contributed by atoms with van der Waals surface area (Å²) in [5, 5.41) is 4.86. The van der Waals surface area contributed by atoms with Crippen molar-refractivity contribution in [2.24, 2.45) is 21.5 Å². The summed E-state index contributed by atoms with van der Waals surface area (Å²) in [5.74, 6) is 1.76. The van der Waals surface area contributed by atoms with E-state index in [9.17, 15) is 0 Å². The topological polar surface area (TPSA) is 89.7 Å². The van der Waals surface area contributed by atoms with Gasteiger partial charge in [-0.2, -0.15) is 16.8 Å². The van der Waals surface area contributed by atoms with Gasteiger partial charge >= 0.3 is 0 Å². The van der Waals surface area contributed by atoms with Gasteiger partial charge in [0, 0.05) is 16.9 Å². The Morgan fingerprint density at radius 2 is 2.44 bits per heavy atom. The second kappa shape index (κ2) is 7.34. The molecule has 0 radical (unpaired) electrons. The van der Waals surface area contributed by atoms with Crippen LogP contribution in [0.5, 0.6) is 0 Å². The first-order valence-electron chi connectivity index (χ1n) is 4.38. The summed E-state index contributed by atoms with van der Waals surface area (Å²) in [5.41, 5.74) is 11.5. The van der Waals surface area contributed by atoms with Crippen molar-refractivity contribution in [1.29, 1.82) is 0 Å². The molecule has 1 heterocycles. The van der Waals surface area contributed by atoms with Crippen LogP contribution in [-0.2, 0) is 5.75 Å². The maximum atomic E-state index is 5.25. The van der Waals surface area contributed by atoms with E-state index < -0.39 is 0 Å². The van der Waals surface area contributed by atoms with Crippen LogP contribution in [0.1, 0.15) is 5.69 Å². The Labute approximate surface area is 107 Å². The summed E-state index contributed by atoms with van der Waals surface area (Å²) in [6, 6.07) is 0. The van der Waals surface area contributed by atoms with Crippen molar-refractivity contribution in [2.45, 2.75) is 5.75 Å². The molecule has 0 amide bonds. The number of isothiocyanates is 1. The van der Waals surface area contributed by atoms with Crippen molar-refractivity contribution in [2.75, 3.05) is 12.3 Å². The largest absolute Gasteiger partial charge is 0.370 e. The third-order valence-corrected chi connectivity index (χ3v) is 3.31. The molecule has 0 aliphatic rings. The van der Waals surface area contributed by atoms with Gasteiger partial charge in [0.2, 0.25) is 5.13 Å². The number of thiocarbonyl (C=S) groups is 1. The standard InChI is InChI=1S/C8H11N5S3/c9-7(10)13-8-12-6(4-16-8)3-15-2-1-11-5-14/h4H,1-3H2,(H4,9,10,12,13). The molecule has 0 saturated carbocycles. The quantitative estimate of drug-likeness (QED) is 0.354. The summed E-state index contributed by atoms with van der Waals surface area (Å²) >= 11 is 7.62. The van der Waals surface area contributed by atoms with Crippen LogP contribution in [0, 0.1) is 0 Å². The minimum absolute atomic E-state index is 0.0314. The number of nitrogens with zero attached hydrogens (tertiary/aromatic N) is 3. The summed E-state index contributed by atoms with van der Waals surface area (Å²) in [6.07, 6.45) is 0. The van der Waals surface area contributed by atoms with Crippen LogP contribution in [0.3, 0.4) is 0 Å². The zero-order valence-electron chi connectivity index (χ0n) is 8.42. The average Bonchev–Trinajstić information content (AvgIpc) is 2.64. The molecule has 5 nitrogen and oxygen atoms in total. The molecule has 0 aliphatic heterocycles. The van der Waals surface area contributed by atoms with Crippen molar-refractivity contribution in [3.8, 4) is 0 Å². The smallest absolute Gasteiger partial charge is 0.212 e. The highest BCUT2D eigenvalue weighted by atomic mass is 32.2. The van der Waals surface area contributed by atoms with E-state index in [4.69, 9.17) is 11.5 Å². The number of aliphatic imine (C=N–C) groups is 2. The molecular weight excluding hydrogens is 262 g/mol. The maximum absolute atomic E-state index is 5.25. The monoisotopic (exact) mass is 273 g/mol. The normalized spacial score (nSPS) is 9.50. The molecule has 4 N–H and O–H groups in total. The molecular formula is C8H11N5S3. The van der Waals surface area contributed by atoms with Gasteiger partial charge in [-0.15, -0.1) is 11.3 Å². The molecule has 0 aliphatic carbocycles. The highest BCUT2D eigenvalue weighted by molar-refractivity contribution is 7.98. The van der Waals surface area contributed by atoms with Crippen LogP contribution in [-0.4, -0.2) is 28.4 Å². The van der Waals surface area contributed by atoms with E-state index in [1.807, 2.05) is 5.38 Å². The summed E-state index contributed by atoms with van der Waals surface area (Å²) in [6.45, 7) is 0.694. The van der Waals surface area contributed by atoms with Crippen molar-refractivity contribution in [1.82, 2.24) is 4.98 Å². The highest BCUT2D eigenvalue weighted by Crippen LogP contribution is 2.21. The number of nitrogens with two attached hydrogens (primary N) is 2. The molecule has 0 fully saturated rings. The number of aromatic nitrogens is 1. The van der Waals surface area contributed by atoms with Crippen LogP contribution in [0.2, 0.25) is 0 Å². The second-order valence-corrected chi connectivity index (χ2v) is 4.81. The number of guanidine groups is 1. The number of hydrogen-bond donors (Lipinski definition) is 2. The van der Waals surface area contributed by atoms with Crippen molar-refractivity contribution in [3.05, 3.63) is 11.1 Å². The average molecular weight is 273 g/mol. The SMILES string of the molecule is NC(N)=Nc1nc(CSCCN=C=S)cs1. The third kappa shape index (κ3) is 5.22. The fraction of sp³-hybridized carbons (Fsp3) is 0.375. The van der Waals surface area contributed by atoms with Gasteiger partial charge in [0.25, 0.3) is 0 Å². The Kier molecular flexibility index (Phi) is 6.02. The summed E-state index contributed by atoms with van der Waals surface area (Å²) in [7, 11) is 0. The molecule has 0 unspecified atom stereocenters. The fourth-order valence-electron chi connectivity index (χ4n) is 0.857. The van der Waals surface area contributed by atoms with E-state index in [1.54, 1.807) is 11.8 Å². The van der Waals surface area contributed by atoms with Gasteiger partial charge in [-0.3, -0.25) is 0 Å². The molecule has 1 rings (SSSR count). The molecule has 0 atom stereocenters. The van der Waals surface area contributed by atoms with Gasteiger partial charge in [0.1, 0.15) is 0 Å². The second-order valence-electron chi connectivity index (χ2n) is 2.68. The van der Waals surface area contributed by atoms with Gasteiger partial charge in [-0.05, 0) is 12.2 Å². The number of hydrogen-bond acceptors (Lipinski definition) is 6. The summed E-state index contributed by atoms with van der Waals surface area (Å²) in [4.78, 5) is 11.9. The molecule has 0 aromatic carbocycles. The predicted octanol–water partition coefficient (Wildman–Crippen LogP) is 1.38. The zero-order chi connectivity index (χ0) is 11.8. The first-order valence-corrected chi connectivity index (χ1v) is 6.82. The molecule has 0 saturated heterocycles. The van der Waals surface area contributed by atoms with Gasteiger partial charge in [0.05, 0.1) is 17.4 Å². The lowest BCUT2D eigenvalue weighted by molar-refractivity contribution is 1.15. The molecule has 1 aromatic rings. The lowest BCUT2D eigenvalue weighted by atomic mass is 10.6. The van der Waals surface area contributed by atoms with Crippen molar-refractivity contribution in [3.63, 3.8) is 0 Å². The molecule has 8 heteroatoms. The summed E-state index contributed by atoms with van der Waals surface area (Å²) < 4.78 is 0. The lowest BCUT2D eigenvalue weighted by Gasteiger charge is -1.94. The third-order valence-electron chi connectivity index (χ3n) is 1.43. The number of thioether (sulfide) groups is 1. The molecule has 1 aromatic heterocycles. The Morgan fingerprint density at radius 1 is 1.62 bits per heavy atom. The lowest BCUT2D eigenvalue weighted by Crippen LogP contribution is -2.21. The molecule has 0 spiro atoms. The predicted molar refractivity (Wildman–Crippen MR) is 73.6 cm³/mol. The minimum atomic E-state index is 0.0314. The van der Waals surface area contributed by atoms with Gasteiger partial charge < -0.3 is 11.5 Å². The zero-order valence-corrected chi connectivity index (χ0v) is 10.9. The Balaban J connectivity index is 2.35. The van der Waals surface area contributed by atoms with Crippen LogP contribution in [0.4, 0.5) is 5.13 Å². The fourth-order valence-corrected chi connectivity index (χ4v) is 2.48. The van der Waals surface area contributed by atoms with Crippen LogP contribution >= 0.6 is 35.3 Å². The van der Waals surface area contributed by atoms with Gasteiger partial charge in [-0.25, -0.2) is 9.98 Å². The first kappa shape index (κ1) is 13.1. The highest BCUT2D eigenvalue weighted by Gasteiger charge is 2.00. The van der Waals surface area contributed by atoms with Crippen molar-refractivity contribution < 1.29 is 0 Å². The van der Waals surface area contributed by atoms with E-state index in [1.165, 1.54) is 11.3 Å². The van der Waals surface area contributed by atoms with E-state index >= 15 is 0 Å². The Hall–Kier alpha value is -0.950. The van der Waals surface area contributed by atoms with Crippen molar-refractivity contribution >= 4 is 51.6 Å². The Morgan fingerprint density at radius 3 is 3.12 bits per heavy atom. The van der Waals surface area contributed by atoms with E-state index in [0.717, 1.165) is 17.2 Å². The minimum Gasteiger partial charge on any atom is -0.370 e. The van der Waals surface area contributed by atoms with Gasteiger partial charge in [0.15, 0.2) is 5.96 Å². The van der Waals surface area contributed by atoms with Gasteiger partial charge in [-0.1, -0.05) is 0 Å². The maximum Gasteiger partial charge on any atom is 0.212 e. The van der Waals surface area contributed by atoms with E-state index in [2.05, 4.69) is 32.3 Å². The molecule has 86 valence electrons. The van der Waals surface area contributed by atoms with E-state index in [0.29, 0.717) is 11.7 Å². The number of rotatable bonds is 6. The van der Waals surface area contributed by atoms with Crippen LogP contribution < -0.4 is 11.5 Å². The van der Waals surface area contributed by atoms with E-state index in [-0.39, 0.29) is 5.96 Å². The first-order chi connectivity index (χ1) is 7.72. The van der Waals surface area contributed by atoms with Crippen LogP contribution in [0.15, 0.2) is 15.4 Å². The molecule has 0 bridgehead atoms. The Bertz CT molecular complexity index is 404. The van der Waals surface area contributed by atoms with Crippen LogP contribution in [0.25, 0.3) is 0 Å². The number of thiazole rings is 1.